The minimum Gasteiger partial charge on any atom is -0.503 e. The highest BCUT2D eigenvalue weighted by atomic mass is 19.4. The largest absolute Gasteiger partial charge is 0.573 e. The smallest absolute Gasteiger partial charge is 0.503 e. The third kappa shape index (κ3) is 4.42. The number of hydrogen-bond donors (Lipinski definition) is 2. The quantitative estimate of drug-likeness (QED) is 0.435. The molecule has 0 saturated heterocycles. The zero-order valence-corrected chi connectivity index (χ0v) is 18.2. The normalized spacial score (nSPS) is 13.6. The van der Waals surface area contributed by atoms with Crippen molar-refractivity contribution in [1.82, 2.24) is 4.57 Å². The van der Waals surface area contributed by atoms with Crippen molar-refractivity contribution in [2.45, 2.75) is 39.5 Å². The highest BCUT2D eigenvalue weighted by Crippen LogP contribution is 2.41. The third-order valence-electron chi connectivity index (χ3n) is 5.74. The topological polar surface area (TPSA) is 88.8 Å². The Morgan fingerprint density at radius 1 is 1.15 bits per heavy atom. The van der Waals surface area contributed by atoms with Gasteiger partial charge in [-0.2, -0.15) is 0 Å². The van der Waals surface area contributed by atoms with Crippen LogP contribution in [0.5, 0.6) is 11.5 Å². The van der Waals surface area contributed by atoms with Crippen LogP contribution in [0.2, 0.25) is 0 Å². The molecule has 0 fully saturated rings. The summed E-state index contributed by atoms with van der Waals surface area (Å²) in [6.45, 7) is 4.68. The third-order valence-corrected chi connectivity index (χ3v) is 5.74. The number of alkyl halides is 3. The van der Waals surface area contributed by atoms with Crippen LogP contribution in [0.4, 0.5) is 22.0 Å². The summed E-state index contributed by atoms with van der Waals surface area (Å²) in [5.41, 5.74) is -0.580. The van der Waals surface area contributed by atoms with E-state index in [1.165, 1.54) is 6.92 Å². The van der Waals surface area contributed by atoms with E-state index in [2.05, 4.69) is 4.74 Å². The molecule has 34 heavy (non-hydrogen) atoms. The predicted octanol–water partition coefficient (Wildman–Crippen LogP) is 5.73. The maximum atomic E-state index is 15.0. The highest BCUT2D eigenvalue weighted by molar-refractivity contribution is 6.05. The highest BCUT2D eigenvalue weighted by Gasteiger charge is 2.35. The first-order valence-corrected chi connectivity index (χ1v) is 10.1. The number of ether oxygens (including phenoxy) is 1. The number of phenolic OH excluding ortho intramolecular Hbond substituents is 1. The molecule has 0 radical (unpaired) electrons. The molecule has 0 aliphatic carbocycles. The summed E-state index contributed by atoms with van der Waals surface area (Å²) >= 11 is 0. The van der Waals surface area contributed by atoms with Gasteiger partial charge in [-0.15, -0.1) is 13.2 Å². The molecule has 2 unspecified atom stereocenters. The van der Waals surface area contributed by atoms with E-state index in [0.717, 1.165) is 28.8 Å². The van der Waals surface area contributed by atoms with Gasteiger partial charge in [0.1, 0.15) is 5.75 Å². The molecule has 2 aromatic carbocycles. The number of rotatable bonds is 6. The lowest BCUT2D eigenvalue weighted by Crippen LogP contribution is -2.21. The maximum absolute atomic E-state index is 15.0. The van der Waals surface area contributed by atoms with Gasteiger partial charge < -0.3 is 14.9 Å². The van der Waals surface area contributed by atoms with Gasteiger partial charge in [0, 0.05) is 22.7 Å². The van der Waals surface area contributed by atoms with E-state index in [9.17, 15) is 37.4 Å². The Morgan fingerprint density at radius 2 is 1.74 bits per heavy atom. The minimum absolute atomic E-state index is 0.00721. The summed E-state index contributed by atoms with van der Waals surface area (Å²) in [5, 5.41) is 19.3. The number of aliphatic carboxylic acids is 1. The second-order valence-electron chi connectivity index (χ2n) is 7.83. The van der Waals surface area contributed by atoms with Crippen molar-refractivity contribution in [1.29, 1.82) is 0 Å². The Morgan fingerprint density at radius 3 is 2.24 bits per heavy atom. The van der Waals surface area contributed by atoms with Crippen LogP contribution in [0, 0.1) is 24.5 Å². The number of carboxylic acids is 1. The number of benzene rings is 2. The van der Waals surface area contributed by atoms with Crippen LogP contribution in [0.15, 0.2) is 30.3 Å². The minimum atomic E-state index is -4.94. The number of carbonyl (C=O) groups excluding carboxylic acids is 1. The second-order valence-corrected chi connectivity index (χ2v) is 7.83. The van der Waals surface area contributed by atoms with Gasteiger partial charge in [-0.3, -0.25) is 14.2 Å². The van der Waals surface area contributed by atoms with Crippen LogP contribution in [-0.2, 0) is 4.79 Å². The summed E-state index contributed by atoms with van der Waals surface area (Å²) in [6, 6.07) is 4.57. The zero-order chi connectivity index (χ0) is 25.5. The van der Waals surface area contributed by atoms with Crippen molar-refractivity contribution in [3.05, 3.63) is 58.8 Å². The van der Waals surface area contributed by atoms with Gasteiger partial charge in [-0.25, -0.2) is 8.78 Å². The summed E-state index contributed by atoms with van der Waals surface area (Å²) in [7, 11) is 0. The molecule has 1 heterocycles. The molecular weight excluding hydrogens is 465 g/mol. The van der Waals surface area contributed by atoms with Crippen LogP contribution in [0.25, 0.3) is 10.9 Å². The van der Waals surface area contributed by atoms with Crippen molar-refractivity contribution < 1.29 is 46.5 Å². The monoisotopic (exact) mass is 485 g/mol. The van der Waals surface area contributed by atoms with Crippen molar-refractivity contribution in [2.75, 3.05) is 0 Å². The van der Waals surface area contributed by atoms with E-state index in [1.807, 2.05) is 0 Å². The van der Waals surface area contributed by atoms with Gasteiger partial charge in [-0.1, -0.05) is 20.3 Å². The molecule has 11 heteroatoms. The van der Waals surface area contributed by atoms with Gasteiger partial charge in [0.15, 0.2) is 17.4 Å². The van der Waals surface area contributed by atoms with Crippen LogP contribution in [0.1, 0.15) is 47.8 Å². The first kappa shape index (κ1) is 25.0. The molecule has 3 rings (SSSR count). The summed E-state index contributed by atoms with van der Waals surface area (Å²) < 4.78 is 71.2. The number of carbonyl (C=O) groups is 2. The Bertz CT molecular complexity index is 1260. The van der Waals surface area contributed by atoms with E-state index in [-0.39, 0.29) is 22.3 Å². The number of hydrogen-bond acceptors (Lipinski definition) is 4. The van der Waals surface area contributed by atoms with Crippen molar-refractivity contribution in [3.63, 3.8) is 0 Å². The predicted molar refractivity (Wildman–Crippen MR) is 111 cm³/mol. The summed E-state index contributed by atoms with van der Waals surface area (Å²) in [4.78, 5) is 25.4. The molecule has 0 bridgehead atoms. The van der Waals surface area contributed by atoms with E-state index < -0.39 is 58.6 Å². The van der Waals surface area contributed by atoms with Gasteiger partial charge >= 0.3 is 12.3 Å². The van der Waals surface area contributed by atoms with Crippen LogP contribution >= 0.6 is 0 Å². The lowest BCUT2D eigenvalue weighted by atomic mass is 9.84. The summed E-state index contributed by atoms with van der Waals surface area (Å²) in [6.07, 6.45) is -4.56. The second kappa shape index (κ2) is 8.96. The molecule has 182 valence electrons. The lowest BCUT2D eigenvalue weighted by molar-refractivity contribution is -0.274. The number of carboxylic acid groups (broad SMARTS) is 1. The van der Waals surface area contributed by atoms with E-state index in [4.69, 9.17) is 0 Å². The van der Waals surface area contributed by atoms with E-state index in [1.54, 1.807) is 13.8 Å². The van der Waals surface area contributed by atoms with Gasteiger partial charge in [0.2, 0.25) is 0 Å². The average Bonchev–Trinajstić information content (AvgIpc) is 3.02. The Kier molecular flexibility index (Phi) is 6.59. The molecule has 6 nitrogen and oxygen atoms in total. The molecule has 0 aliphatic heterocycles. The Labute approximate surface area is 190 Å². The Hall–Kier alpha value is -3.63. The fraction of sp³-hybridized carbons (Fsp3) is 0.304. The number of aromatic nitrogens is 1. The number of fused-ring (bicyclic) bond motifs is 1. The number of aromatic hydroxyl groups is 1. The molecule has 1 aromatic heterocycles. The first-order chi connectivity index (χ1) is 15.8. The molecule has 0 amide bonds. The van der Waals surface area contributed by atoms with Crippen molar-refractivity contribution in [3.8, 4) is 11.5 Å². The van der Waals surface area contributed by atoms with Crippen LogP contribution in [0.3, 0.4) is 0 Å². The SMILES string of the molecule is CCC(C)C(C(=O)O)c1c(C)n(C(=O)c2ccc(OC(F)(F)F)cc2)c2cc(F)c(O)c(F)c12. The molecular formula is C23H20F5NO5. The van der Waals surface area contributed by atoms with Gasteiger partial charge in [0.25, 0.3) is 5.91 Å². The maximum Gasteiger partial charge on any atom is 0.573 e. The van der Waals surface area contributed by atoms with E-state index in [0.29, 0.717) is 12.5 Å². The van der Waals surface area contributed by atoms with Crippen molar-refractivity contribution in [2.24, 2.45) is 5.92 Å². The van der Waals surface area contributed by atoms with Crippen molar-refractivity contribution >= 4 is 22.8 Å². The van der Waals surface area contributed by atoms with Gasteiger partial charge in [-0.05, 0) is 42.7 Å². The number of nitrogens with zero attached hydrogens (tertiary/aromatic N) is 1. The molecule has 2 atom stereocenters. The fourth-order valence-corrected chi connectivity index (χ4v) is 3.97. The molecule has 0 aliphatic rings. The number of halogens is 5. The van der Waals surface area contributed by atoms with Gasteiger partial charge in [0.05, 0.1) is 11.4 Å². The van der Waals surface area contributed by atoms with Crippen LogP contribution < -0.4 is 4.74 Å². The van der Waals surface area contributed by atoms with E-state index >= 15 is 4.39 Å². The summed E-state index contributed by atoms with van der Waals surface area (Å²) in [5.74, 6) is -8.66. The Balaban J connectivity index is 2.27. The lowest BCUT2D eigenvalue weighted by Gasteiger charge is -2.20. The molecule has 3 aromatic rings. The molecule has 0 spiro atoms. The zero-order valence-electron chi connectivity index (χ0n) is 18.2. The fourth-order valence-electron chi connectivity index (χ4n) is 3.97. The first-order valence-electron chi connectivity index (χ1n) is 10.1. The van der Waals surface area contributed by atoms with Crippen LogP contribution in [-0.4, -0.2) is 33.0 Å². The molecule has 0 saturated carbocycles. The average molecular weight is 485 g/mol. The number of phenols is 1. The molecule has 2 N–H and O–H groups in total. The standard InChI is InChI=1S/C23H20F5NO5/c1-4-10(2)16(22(32)33)17-11(3)29(15-9-14(24)20(30)19(25)18(15)17)21(31)12-5-7-13(8-6-12)34-23(26,27)28/h5-10,16,30H,4H2,1-3H3,(H,32,33).